The Morgan fingerprint density at radius 1 is 1.56 bits per heavy atom. The van der Waals surface area contributed by atoms with Gasteiger partial charge < -0.3 is 14.7 Å². The Kier molecular flexibility index (Phi) is 3.50. The van der Waals surface area contributed by atoms with Crippen LogP contribution in [0, 0.1) is 16.6 Å². The van der Waals surface area contributed by atoms with E-state index in [0.29, 0.717) is 12.0 Å². The highest BCUT2D eigenvalue weighted by molar-refractivity contribution is 7.71. The van der Waals surface area contributed by atoms with Crippen LogP contribution < -0.4 is 0 Å². The summed E-state index contributed by atoms with van der Waals surface area (Å²) in [4.78, 5) is 3.04. The van der Waals surface area contributed by atoms with Gasteiger partial charge in [-0.25, -0.2) is 0 Å². The fourth-order valence-corrected chi connectivity index (χ4v) is 3.38. The van der Waals surface area contributed by atoms with Crippen molar-refractivity contribution in [3.63, 3.8) is 0 Å². The van der Waals surface area contributed by atoms with E-state index in [4.69, 9.17) is 12.2 Å². The lowest BCUT2D eigenvalue weighted by molar-refractivity contribution is 0.254. The van der Waals surface area contributed by atoms with Crippen molar-refractivity contribution in [3.8, 4) is 0 Å². The van der Waals surface area contributed by atoms with E-state index < -0.39 is 0 Å². The standard InChI is InChI=1S/C12H20N2OS/c1-3-9-4-5-11(8(9)2)14-10(7-15)6-13-12(14)16/h6,8-9,11,15H,3-5,7H2,1-2H3,(H,13,16). The molecule has 2 N–H and O–H groups in total. The lowest BCUT2D eigenvalue weighted by Crippen LogP contribution is -2.17. The summed E-state index contributed by atoms with van der Waals surface area (Å²) < 4.78 is 2.87. The van der Waals surface area contributed by atoms with Gasteiger partial charge in [0.15, 0.2) is 4.77 Å². The van der Waals surface area contributed by atoms with Gasteiger partial charge in [-0.2, -0.15) is 0 Å². The highest BCUT2D eigenvalue weighted by atomic mass is 32.1. The zero-order valence-electron chi connectivity index (χ0n) is 9.94. The molecule has 0 aliphatic heterocycles. The largest absolute Gasteiger partial charge is 0.390 e. The van der Waals surface area contributed by atoms with Gasteiger partial charge in [0.1, 0.15) is 0 Å². The summed E-state index contributed by atoms with van der Waals surface area (Å²) in [5.41, 5.74) is 0.915. The number of nitrogens with zero attached hydrogens (tertiary/aromatic N) is 1. The minimum atomic E-state index is 0.0627. The number of aromatic amines is 1. The van der Waals surface area contributed by atoms with E-state index in [2.05, 4.69) is 23.4 Å². The molecule has 0 spiro atoms. The topological polar surface area (TPSA) is 41.0 Å². The van der Waals surface area contributed by atoms with E-state index in [0.717, 1.165) is 16.4 Å². The van der Waals surface area contributed by atoms with Gasteiger partial charge in [-0.3, -0.25) is 0 Å². The molecule has 4 heteroatoms. The third kappa shape index (κ3) is 1.84. The minimum Gasteiger partial charge on any atom is -0.390 e. The number of aliphatic hydroxyl groups is 1. The number of hydrogen-bond acceptors (Lipinski definition) is 2. The summed E-state index contributed by atoms with van der Waals surface area (Å²) >= 11 is 5.30. The Morgan fingerprint density at radius 3 is 2.88 bits per heavy atom. The fourth-order valence-electron chi connectivity index (χ4n) is 3.06. The Hall–Kier alpha value is -0.610. The summed E-state index contributed by atoms with van der Waals surface area (Å²) in [6.07, 6.45) is 5.52. The molecule has 3 nitrogen and oxygen atoms in total. The summed E-state index contributed by atoms with van der Waals surface area (Å²) in [6.45, 7) is 4.63. The van der Waals surface area contributed by atoms with E-state index in [1.54, 1.807) is 0 Å². The molecule has 0 saturated heterocycles. The number of H-pyrrole nitrogens is 1. The average Bonchev–Trinajstić information content (AvgIpc) is 2.81. The van der Waals surface area contributed by atoms with Crippen molar-refractivity contribution in [1.29, 1.82) is 0 Å². The van der Waals surface area contributed by atoms with Crippen molar-refractivity contribution in [3.05, 3.63) is 16.7 Å². The van der Waals surface area contributed by atoms with Gasteiger partial charge in [0.25, 0.3) is 0 Å². The molecular formula is C12H20N2OS. The summed E-state index contributed by atoms with van der Waals surface area (Å²) in [7, 11) is 0. The normalized spacial score (nSPS) is 29.8. The van der Waals surface area contributed by atoms with Crippen LogP contribution in [0.2, 0.25) is 0 Å². The van der Waals surface area contributed by atoms with Crippen LogP contribution in [-0.2, 0) is 6.61 Å². The predicted octanol–water partition coefficient (Wildman–Crippen LogP) is 3.04. The number of aliphatic hydroxyl groups excluding tert-OH is 1. The molecule has 3 atom stereocenters. The van der Waals surface area contributed by atoms with Crippen LogP contribution in [-0.4, -0.2) is 14.7 Å². The summed E-state index contributed by atoms with van der Waals surface area (Å²) in [5, 5.41) is 9.31. The minimum absolute atomic E-state index is 0.0627. The molecule has 1 saturated carbocycles. The average molecular weight is 240 g/mol. The maximum absolute atomic E-state index is 9.31. The highest BCUT2D eigenvalue weighted by Crippen LogP contribution is 2.42. The second-order valence-electron chi connectivity index (χ2n) is 4.79. The molecule has 90 valence electrons. The molecule has 3 unspecified atom stereocenters. The highest BCUT2D eigenvalue weighted by Gasteiger charge is 2.33. The smallest absolute Gasteiger partial charge is 0.177 e. The lowest BCUT2D eigenvalue weighted by Gasteiger charge is -2.22. The van der Waals surface area contributed by atoms with Gasteiger partial charge in [0, 0.05) is 12.2 Å². The number of imidazole rings is 1. The first-order valence-electron chi connectivity index (χ1n) is 6.08. The number of aromatic nitrogens is 2. The van der Waals surface area contributed by atoms with Gasteiger partial charge in [0.2, 0.25) is 0 Å². The molecular weight excluding hydrogens is 220 g/mol. The Bertz CT molecular complexity index is 409. The molecule has 1 aliphatic rings. The summed E-state index contributed by atoms with van der Waals surface area (Å²) in [5.74, 6) is 1.45. The molecule has 16 heavy (non-hydrogen) atoms. The van der Waals surface area contributed by atoms with Gasteiger partial charge >= 0.3 is 0 Å². The van der Waals surface area contributed by atoms with Crippen LogP contribution in [0.5, 0.6) is 0 Å². The second kappa shape index (κ2) is 4.72. The molecule has 0 radical (unpaired) electrons. The van der Waals surface area contributed by atoms with Gasteiger partial charge in [-0.15, -0.1) is 0 Å². The van der Waals surface area contributed by atoms with E-state index >= 15 is 0 Å². The van der Waals surface area contributed by atoms with Crippen molar-refractivity contribution in [2.24, 2.45) is 11.8 Å². The number of rotatable bonds is 3. The van der Waals surface area contributed by atoms with Crippen molar-refractivity contribution < 1.29 is 5.11 Å². The molecule has 0 aromatic carbocycles. The molecule has 1 aromatic heterocycles. The van der Waals surface area contributed by atoms with Crippen LogP contribution in [0.15, 0.2) is 6.20 Å². The van der Waals surface area contributed by atoms with Crippen molar-refractivity contribution in [2.75, 3.05) is 0 Å². The van der Waals surface area contributed by atoms with Gasteiger partial charge in [0.05, 0.1) is 12.3 Å². The molecule has 1 aromatic rings. The Morgan fingerprint density at radius 2 is 2.31 bits per heavy atom. The molecule has 1 heterocycles. The van der Waals surface area contributed by atoms with Crippen LogP contribution >= 0.6 is 12.2 Å². The SMILES string of the molecule is CCC1CCC(n2c(CO)c[nH]c2=S)C1C. The van der Waals surface area contributed by atoms with Crippen molar-refractivity contribution in [2.45, 2.75) is 45.8 Å². The van der Waals surface area contributed by atoms with Crippen LogP contribution in [0.25, 0.3) is 0 Å². The van der Waals surface area contributed by atoms with E-state index in [1.165, 1.54) is 19.3 Å². The zero-order valence-corrected chi connectivity index (χ0v) is 10.8. The van der Waals surface area contributed by atoms with E-state index in [1.807, 2.05) is 6.20 Å². The first kappa shape index (κ1) is 11.9. The Labute approximate surface area is 102 Å². The van der Waals surface area contributed by atoms with E-state index in [9.17, 15) is 5.11 Å². The van der Waals surface area contributed by atoms with Crippen LogP contribution in [0.3, 0.4) is 0 Å². The zero-order chi connectivity index (χ0) is 11.7. The predicted molar refractivity (Wildman–Crippen MR) is 66.8 cm³/mol. The van der Waals surface area contributed by atoms with Gasteiger partial charge in [-0.05, 0) is 36.9 Å². The maximum atomic E-state index is 9.31. The second-order valence-corrected chi connectivity index (χ2v) is 5.17. The molecule has 1 fully saturated rings. The number of hydrogen-bond donors (Lipinski definition) is 2. The lowest BCUT2D eigenvalue weighted by atomic mass is 9.93. The van der Waals surface area contributed by atoms with E-state index in [-0.39, 0.29) is 6.61 Å². The first-order valence-corrected chi connectivity index (χ1v) is 6.49. The quantitative estimate of drug-likeness (QED) is 0.797. The summed E-state index contributed by atoms with van der Waals surface area (Å²) in [6, 6.07) is 0.464. The molecule has 2 rings (SSSR count). The third-order valence-corrected chi connectivity index (χ3v) is 4.41. The Balaban J connectivity index is 2.31. The van der Waals surface area contributed by atoms with Gasteiger partial charge in [-0.1, -0.05) is 20.3 Å². The monoisotopic (exact) mass is 240 g/mol. The van der Waals surface area contributed by atoms with Crippen molar-refractivity contribution in [1.82, 2.24) is 9.55 Å². The molecule has 0 bridgehead atoms. The molecule has 0 amide bonds. The molecule has 1 aliphatic carbocycles. The fraction of sp³-hybridized carbons (Fsp3) is 0.750. The maximum Gasteiger partial charge on any atom is 0.177 e. The van der Waals surface area contributed by atoms with Crippen molar-refractivity contribution >= 4 is 12.2 Å². The number of nitrogens with one attached hydrogen (secondary N) is 1. The first-order chi connectivity index (χ1) is 7.69. The van der Waals surface area contributed by atoms with Crippen LogP contribution in [0.1, 0.15) is 44.8 Å². The van der Waals surface area contributed by atoms with Crippen LogP contribution in [0.4, 0.5) is 0 Å². The third-order valence-electron chi connectivity index (χ3n) is 4.09.